The Balaban J connectivity index is 1.96. The number of nitrogens with zero attached hydrogens (tertiary/aromatic N) is 4. The summed E-state index contributed by atoms with van der Waals surface area (Å²) in [5.41, 5.74) is 1.34. The molecule has 2 heterocycles. The first-order valence-corrected chi connectivity index (χ1v) is 6.20. The molecule has 19 heavy (non-hydrogen) atoms. The summed E-state index contributed by atoms with van der Waals surface area (Å²) < 4.78 is 0. The second-order valence-corrected chi connectivity index (χ2v) is 4.50. The Bertz CT molecular complexity index is 484. The van der Waals surface area contributed by atoms with E-state index in [2.05, 4.69) is 9.88 Å². The van der Waals surface area contributed by atoms with Crippen LogP contribution in [0.4, 0.5) is 5.69 Å². The van der Waals surface area contributed by atoms with Crippen LogP contribution in [0.5, 0.6) is 0 Å². The molecule has 1 amide bonds. The van der Waals surface area contributed by atoms with E-state index in [1.807, 2.05) is 12.1 Å². The van der Waals surface area contributed by atoms with E-state index in [0.29, 0.717) is 31.9 Å². The summed E-state index contributed by atoms with van der Waals surface area (Å²) in [6, 6.07) is 5.52. The maximum Gasteiger partial charge on any atom is 0.251 e. The molecule has 1 aromatic heterocycles. The molecule has 0 bridgehead atoms. The normalized spacial score (nSPS) is 16.9. The van der Waals surface area contributed by atoms with Crippen LogP contribution in [-0.4, -0.2) is 53.2 Å². The van der Waals surface area contributed by atoms with Gasteiger partial charge in [0.2, 0.25) is 0 Å². The minimum atomic E-state index is -0.942. The zero-order valence-electron chi connectivity index (χ0n) is 10.8. The number of hydrogen-bond donors (Lipinski definition) is 1. The number of rotatable bonds is 2. The fourth-order valence-electron chi connectivity index (χ4n) is 2.09. The average molecular weight is 260 g/mol. The van der Waals surface area contributed by atoms with Gasteiger partial charge in [0.15, 0.2) is 0 Å². The second kappa shape index (κ2) is 5.67. The summed E-state index contributed by atoms with van der Waals surface area (Å²) in [6.07, 6.45) is 0.730. The Morgan fingerprint density at radius 3 is 2.58 bits per heavy atom. The van der Waals surface area contributed by atoms with Crippen LogP contribution in [-0.2, 0) is 4.79 Å². The number of amides is 1. The number of carbonyl (C=O) groups excluding carboxylic acids is 1. The smallest absolute Gasteiger partial charge is 0.251 e. The molecule has 1 aromatic rings. The van der Waals surface area contributed by atoms with Gasteiger partial charge in [0, 0.05) is 26.2 Å². The first-order valence-electron chi connectivity index (χ1n) is 6.20. The van der Waals surface area contributed by atoms with Crippen LogP contribution in [0.1, 0.15) is 12.6 Å². The van der Waals surface area contributed by atoms with Gasteiger partial charge in [0.05, 0.1) is 11.9 Å². The zero-order valence-corrected chi connectivity index (χ0v) is 10.8. The summed E-state index contributed by atoms with van der Waals surface area (Å²) in [6.45, 7) is 4.06. The van der Waals surface area contributed by atoms with E-state index >= 15 is 0 Å². The van der Waals surface area contributed by atoms with Crippen LogP contribution >= 0.6 is 0 Å². The highest BCUT2D eigenvalue weighted by Gasteiger charge is 2.23. The molecule has 2 rings (SSSR count). The lowest BCUT2D eigenvalue weighted by Crippen LogP contribution is -2.51. The average Bonchev–Trinajstić information content (AvgIpc) is 2.46. The van der Waals surface area contributed by atoms with Gasteiger partial charge >= 0.3 is 0 Å². The van der Waals surface area contributed by atoms with Crippen molar-refractivity contribution in [3.05, 3.63) is 24.0 Å². The van der Waals surface area contributed by atoms with E-state index in [9.17, 15) is 9.90 Å². The van der Waals surface area contributed by atoms with E-state index in [1.54, 1.807) is 17.2 Å². The number of hydrogen-bond acceptors (Lipinski definition) is 5. The molecule has 0 aliphatic carbocycles. The third-order valence-electron chi connectivity index (χ3n) is 3.18. The first kappa shape index (κ1) is 13.3. The molecule has 1 aliphatic rings. The van der Waals surface area contributed by atoms with Crippen LogP contribution in [0.25, 0.3) is 0 Å². The standard InChI is InChI=1S/C13H16N4O2/c1-10(18)13(19)17-6-4-16(5-7-17)12-3-2-11(8-14)15-9-12/h2-3,9-10,18H,4-7H2,1H3/t10-/m0/s1. The van der Waals surface area contributed by atoms with Crippen LogP contribution in [0, 0.1) is 11.3 Å². The number of piperazine rings is 1. The minimum absolute atomic E-state index is 0.224. The molecule has 0 unspecified atom stereocenters. The number of nitriles is 1. The fourth-order valence-corrected chi connectivity index (χ4v) is 2.09. The van der Waals surface area contributed by atoms with E-state index < -0.39 is 6.10 Å². The van der Waals surface area contributed by atoms with Gasteiger partial charge in [-0.25, -0.2) is 4.98 Å². The van der Waals surface area contributed by atoms with Crippen LogP contribution in [0.3, 0.4) is 0 Å². The van der Waals surface area contributed by atoms with Crippen molar-refractivity contribution in [3.63, 3.8) is 0 Å². The van der Waals surface area contributed by atoms with Gasteiger partial charge in [-0.2, -0.15) is 5.26 Å². The van der Waals surface area contributed by atoms with E-state index in [0.717, 1.165) is 5.69 Å². The lowest BCUT2D eigenvalue weighted by atomic mass is 10.2. The Hall–Kier alpha value is -2.13. The summed E-state index contributed by atoms with van der Waals surface area (Å²) in [7, 11) is 0. The number of anilines is 1. The predicted octanol–water partition coefficient (Wildman–Crippen LogP) is -0.0173. The van der Waals surface area contributed by atoms with Gasteiger partial charge < -0.3 is 14.9 Å². The van der Waals surface area contributed by atoms with Gasteiger partial charge in [-0.05, 0) is 19.1 Å². The number of aromatic nitrogens is 1. The monoisotopic (exact) mass is 260 g/mol. The maximum absolute atomic E-state index is 11.6. The molecular weight excluding hydrogens is 244 g/mol. The molecule has 1 aliphatic heterocycles. The molecule has 1 fully saturated rings. The molecule has 6 heteroatoms. The van der Waals surface area contributed by atoms with E-state index in [-0.39, 0.29) is 5.91 Å². The topological polar surface area (TPSA) is 80.5 Å². The number of carbonyl (C=O) groups is 1. The Morgan fingerprint density at radius 1 is 1.42 bits per heavy atom. The first-order chi connectivity index (χ1) is 9.11. The number of pyridine rings is 1. The Kier molecular flexibility index (Phi) is 3.97. The van der Waals surface area contributed by atoms with Crippen molar-refractivity contribution < 1.29 is 9.90 Å². The van der Waals surface area contributed by atoms with Gasteiger partial charge in [0.1, 0.15) is 17.9 Å². The predicted molar refractivity (Wildman–Crippen MR) is 69.4 cm³/mol. The zero-order chi connectivity index (χ0) is 13.8. The quantitative estimate of drug-likeness (QED) is 0.808. The highest BCUT2D eigenvalue weighted by Crippen LogP contribution is 2.15. The fraction of sp³-hybridized carbons (Fsp3) is 0.462. The van der Waals surface area contributed by atoms with Crippen molar-refractivity contribution in [1.82, 2.24) is 9.88 Å². The lowest BCUT2D eigenvalue weighted by molar-refractivity contribution is -0.139. The molecule has 1 saturated heterocycles. The lowest BCUT2D eigenvalue weighted by Gasteiger charge is -2.36. The largest absolute Gasteiger partial charge is 0.384 e. The maximum atomic E-state index is 11.6. The van der Waals surface area contributed by atoms with Crippen LogP contribution in [0.15, 0.2) is 18.3 Å². The van der Waals surface area contributed by atoms with Crippen LogP contribution < -0.4 is 4.90 Å². The van der Waals surface area contributed by atoms with Gasteiger partial charge in [-0.15, -0.1) is 0 Å². The molecular formula is C13H16N4O2. The number of aliphatic hydroxyl groups excluding tert-OH is 1. The van der Waals surface area contributed by atoms with E-state index in [4.69, 9.17) is 5.26 Å². The van der Waals surface area contributed by atoms with Gasteiger partial charge in [-0.1, -0.05) is 0 Å². The molecule has 1 N–H and O–H groups in total. The molecule has 6 nitrogen and oxygen atoms in total. The highest BCUT2D eigenvalue weighted by molar-refractivity contribution is 5.80. The van der Waals surface area contributed by atoms with Crippen LogP contribution in [0.2, 0.25) is 0 Å². The molecule has 0 saturated carbocycles. The van der Waals surface area contributed by atoms with Crippen molar-refractivity contribution in [1.29, 1.82) is 5.26 Å². The summed E-state index contributed by atoms with van der Waals surface area (Å²) in [5.74, 6) is -0.224. The third-order valence-corrected chi connectivity index (χ3v) is 3.18. The van der Waals surface area contributed by atoms with Crippen molar-refractivity contribution >= 4 is 11.6 Å². The minimum Gasteiger partial charge on any atom is -0.384 e. The summed E-state index contributed by atoms with van der Waals surface area (Å²) in [5, 5.41) is 18.0. The van der Waals surface area contributed by atoms with Gasteiger partial charge in [-0.3, -0.25) is 4.79 Å². The SMILES string of the molecule is C[C@H](O)C(=O)N1CCN(c2ccc(C#N)nc2)CC1. The Morgan fingerprint density at radius 2 is 2.11 bits per heavy atom. The summed E-state index contributed by atoms with van der Waals surface area (Å²) >= 11 is 0. The molecule has 0 radical (unpaired) electrons. The molecule has 0 aromatic carbocycles. The highest BCUT2D eigenvalue weighted by atomic mass is 16.3. The van der Waals surface area contributed by atoms with Crippen molar-refractivity contribution in [3.8, 4) is 6.07 Å². The molecule has 0 spiro atoms. The molecule has 1 atom stereocenters. The van der Waals surface area contributed by atoms with Crippen molar-refractivity contribution in [2.45, 2.75) is 13.0 Å². The Labute approximate surface area is 111 Å². The second-order valence-electron chi connectivity index (χ2n) is 4.50. The molecule has 100 valence electrons. The number of aliphatic hydroxyl groups is 1. The van der Waals surface area contributed by atoms with Crippen molar-refractivity contribution in [2.24, 2.45) is 0 Å². The summed E-state index contributed by atoms with van der Waals surface area (Å²) in [4.78, 5) is 19.4. The van der Waals surface area contributed by atoms with Gasteiger partial charge in [0.25, 0.3) is 5.91 Å². The van der Waals surface area contributed by atoms with Crippen molar-refractivity contribution in [2.75, 3.05) is 31.1 Å². The third kappa shape index (κ3) is 3.01. The van der Waals surface area contributed by atoms with E-state index in [1.165, 1.54) is 6.92 Å².